The summed E-state index contributed by atoms with van der Waals surface area (Å²) in [7, 11) is 0. The summed E-state index contributed by atoms with van der Waals surface area (Å²) in [4.78, 5) is 27.8. The molecule has 1 aromatic rings. The summed E-state index contributed by atoms with van der Waals surface area (Å²) < 4.78 is 13.7. The predicted octanol–water partition coefficient (Wildman–Crippen LogP) is 1.47. The molecule has 0 aromatic heterocycles. The largest absolute Gasteiger partial charge is 0.378 e. The van der Waals surface area contributed by atoms with Crippen molar-refractivity contribution in [1.82, 2.24) is 9.80 Å². The van der Waals surface area contributed by atoms with Gasteiger partial charge in [-0.05, 0) is 18.9 Å². The lowest BCUT2D eigenvalue weighted by molar-refractivity contribution is -0.152. The van der Waals surface area contributed by atoms with Gasteiger partial charge in [-0.2, -0.15) is 0 Å². The topological polar surface area (TPSA) is 60.9 Å². The van der Waals surface area contributed by atoms with Crippen molar-refractivity contribution in [3.05, 3.63) is 35.6 Å². The molecule has 5 nitrogen and oxygen atoms in total. The Bertz CT molecular complexity index is 601. The Morgan fingerprint density at radius 3 is 2.57 bits per heavy atom. The number of rotatable bonds is 3. The Morgan fingerprint density at radius 1 is 1.22 bits per heavy atom. The fourth-order valence-corrected chi connectivity index (χ4v) is 3.48. The number of amides is 2. The summed E-state index contributed by atoms with van der Waals surface area (Å²) >= 11 is 0. The Hall–Kier alpha value is -1.95. The van der Waals surface area contributed by atoms with Crippen molar-refractivity contribution in [2.24, 2.45) is 0 Å². The number of piperazine rings is 1. The molecule has 6 heteroatoms. The van der Waals surface area contributed by atoms with E-state index in [0.29, 0.717) is 13.1 Å². The SMILES string of the molecule is O=C(C(O)c1ccccc1F)N1CCN(C2CCCC2)C(=O)C1. The second-order valence-electron chi connectivity index (χ2n) is 6.21. The van der Waals surface area contributed by atoms with Gasteiger partial charge in [0.1, 0.15) is 5.82 Å². The zero-order valence-corrected chi connectivity index (χ0v) is 12.9. The van der Waals surface area contributed by atoms with Gasteiger partial charge in [0.2, 0.25) is 5.91 Å². The number of nitrogens with zero attached hydrogens (tertiary/aromatic N) is 2. The first-order valence-corrected chi connectivity index (χ1v) is 8.08. The molecule has 0 radical (unpaired) electrons. The molecule has 124 valence electrons. The molecule has 1 aliphatic heterocycles. The van der Waals surface area contributed by atoms with E-state index < -0.39 is 17.8 Å². The van der Waals surface area contributed by atoms with E-state index in [1.165, 1.54) is 23.1 Å². The molecule has 2 amide bonds. The normalized spacial score (nSPS) is 20.9. The van der Waals surface area contributed by atoms with Crippen LogP contribution in [0.3, 0.4) is 0 Å². The Morgan fingerprint density at radius 2 is 1.91 bits per heavy atom. The molecular weight excluding hydrogens is 299 g/mol. The highest BCUT2D eigenvalue weighted by Crippen LogP contribution is 2.26. The van der Waals surface area contributed by atoms with Gasteiger partial charge in [0.15, 0.2) is 6.10 Å². The molecule has 0 bridgehead atoms. The van der Waals surface area contributed by atoms with Crippen molar-refractivity contribution in [3.63, 3.8) is 0 Å². The fourth-order valence-electron chi connectivity index (χ4n) is 3.48. The van der Waals surface area contributed by atoms with Crippen LogP contribution in [0.4, 0.5) is 4.39 Å². The van der Waals surface area contributed by atoms with Crippen LogP contribution in [0.25, 0.3) is 0 Å². The zero-order valence-electron chi connectivity index (χ0n) is 12.9. The van der Waals surface area contributed by atoms with Gasteiger partial charge < -0.3 is 14.9 Å². The molecule has 1 saturated heterocycles. The Balaban J connectivity index is 1.65. The van der Waals surface area contributed by atoms with Crippen LogP contribution in [-0.4, -0.2) is 52.4 Å². The van der Waals surface area contributed by atoms with E-state index in [-0.39, 0.29) is 24.1 Å². The maximum absolute atomic E-state index is 13.7. The third-order valence-corrected chi connectivity index (χ3v) is 4.77. The van der Waals surface area contributed by atoms with Gasteiger partial charge in [-0.15, -0.1) is 0 Å². The van der Waals surface area contributed by atoms with Gasteiger partial charge in [0, 0.05) is 24.7 Å². The van der Waals surface area contributed by atoms with Crippen LogP contribution in [0.1, 0.15) is 37.4 Å². The standard InChI is InChI=1S/C17H21FN2O3/c18-14-8-4-3-7-13(14)16(22)17(23)19-9-10-20(15(21)11-19)12-5-1-2-6-12/h3-4,7-8,12,16,22H,1-2,5-6,9-11H2. The minimum absolute atomic E-state index is 0.0408. The highest BCUT2D eigenvalue weighted by atomic mass is 19.1. The van der Waals surface area contributed by atoms with Gasteiger partial charge in [-0.25, -0.2) is 4.39 Å². The summed E-state index contributed by atoms with van der Waals surface area (Å²) in [6.07, 6.45) is 2.77. The number of aliphatic hydroxyl groups is 1. The molecular formula is C17H21FN2O3. The lowest BCUT2D eigenvalue weighted by Gasteiger charge is -2.38. The molecule has 1 atom stereocenters. The first-order chi connectivity index (χ1) is 11.1. The van der Waals surface area contributed by atoms with Crippen LogP contribution in [-0.2, 0) is 9.59 Å². The summed E-state index contributed by atoms with van der Waals surface area (Å²) in [5.41, 5.74) is -0.0526. The highest BCUT2D eigenvalue weighted by Gasteiger charge is 2.35. The average molecular weight is 320 g/mol. The van der Waals surface area contributed by atoms with Crippen molar-refractivity contribution in [2.75, 3.05) is 19.6 Å². The summed E-state index contributed by atoms with van der Waals surface area (Å²) in [5.74, 6) is -1.32. The number of hydrogen-bond acceptors (Lipinski definition) is 3. The number of benzene rings is 1. The monoisotopic (exact) mass is 320 g/mol. The number of carbonyl (C=O) groups excluding carboxylic acids is 2. The Kier molecular flexibility index (Phi) is 4.61. The number of aliphatic hydroxyl groups excluding tert-OH is 1. The second-order valence-corrected chi connectivity index (χ2v) is 6.21. The first-order valence-electron chi connectivity index (χ1n) is 8.08. The van der Waals surface area contributed by atoms with Gasteiger partial charge in [-0.3, -0.25) is 9.59 Å². The lowest BCUT2D eigenvalue weighted by Crippen LogP contribution is -2.55. The molecule has 1 aromatic carbocycles. The van der Waals surface area contributed by atoms with Crippen molar-refractivity contribution >= 4 is 11.8 Å². The van der Waals surface area contributed by atoms with Crippen LogP contribution in [0, 0.1) is 5.82 Å². The van der Waals surface area contributed by atoms with Gasteiger partial charge >= 0.3 is 0 Å². The molecule has 2 aliphatic rings. The number of carbonyl (C=O) groups is 2. The molecule has 1 unspecified atom stereocenters. The van der Waals surface area contributed by atoms with Crippen molar-refractivity contribution < 1.29 is 19.1 Å². The van der Waals surface area contributed by atoms with E-state index in [1.807, 2.05) is 4.90 Å². The molecule has 23 heavy (non-hydrogen) atoms. The maximum Gasteiger partial charge on any atom is 0.256 e. The molecule has 1 heterocycles. The number of halogens is 1. The Labute approximate surface area is 134 Å². The van der Waals surface area contributed by atoms with E-state index >= 15 is 0 Å². The van der Waals surface area contributed by atoms with Gasteiger partial charge in [0.25, 0.3) is 5.91 Å². The lowest BCUT2D eigenvalue weighted by atomic mass is 10.1. The zero-order chi connectivity index (χ0) is 16.4. The van der Waals surface area contributed by atoms with Gasteiger partial charge in [0.05, 0.1) is 6.54 Å². The van der Waals surface area contributed by atoms with Gasteiger partial charge in [-0.1, -0.05) is 31.0 Å². The fraction of sp³-hybridized carbons (Fsp3) is 0.529. The van der Waals surface area contributed by atoms with Crippen molar-refractivity contribution in [3.8, 4) is 0 Å². The van der Waals surface area contributed by atoms with Crippen LogP contribution < -0.4 is 0 Å². The smallest absolute Gasteiger partial charge is 0.256 e. The second kappa shape index (κ2) is 6.66. The van der Waals surface area contributed by atoms with E-state index in [1.54, 1.807) is 6.07 Å². The van der Waals surface area contributed by atoms with Crippen LogP contribution in [0.15, 0.2) is 24.3 Å². The molecule has 1 aliphatic carbocycles. The maximum atomic E-state index is 13.7. The highest BCUT2D eigenvalue weighted by molar-refractivity contribution is 5.88. The van der Waals surface area contributed by atoms with E-state index in [4.69, 9.17) is 0 Å². The first kappa shape index (κ1) is 15.9. The summed E-state index contributed by atoms with van der Waals surface area (Å²) in [6, 6.07) is 5.94. The molecule has 1 N–H and O–H groups in total. The van der Waals surface area contributed by atoms with E-state index in [9.17, 15) is 19.1 Å². The quantitative estimate of drug-likeness (QED) is 0.917. The summed E-state index contributed by atoms with van der Waals surface area (Å²) in [5, 5.41) is 10.1. The molecule has 1 saturated carbocycles. The predicted molar refractivity (Wildman–Crippen MR) is 81.9 cm³/mol. The van der Waals surface area contributed by atoms with Crippen LogP contribution in [0.2, 0.25) is 0 Å². The third kappa shape index (κ3) is 3.22. The van der Waals surface area contributed by atoms with E-state index in [2.05, 4.69) is 0 Å². The molecule has 0 spiro atoms. The van der Waals surface area contributed by atoms with Crippen molar-refractivity contribution in [1.29, 1.82) is 0 Å². The third-order valence-electron chi connectivity index (χ3n) is 4.77. The molecule has 2 fully saturated rings. The minimum Gasteiger partial charge on any atom is -0.378 e. The minimum atomic E-state index is -1.57. The van der Waals surface area contributed by atoms with E-state index in [0.717, 1.165) is 25.7 Å². The average Bonchev–Trinajstić information content (AvgIpc) is 3.08. The number of hydrogen-bond donors (Lipinski definition) is 1. The van der Waals surface area contributed by atoms with Crippen molar-refractivity contribution in [2.45, 2.75) is 37.8 Å². The summed E-state index contributed by atoms with van der Waals surface area (Å²) in [6.45, 7) is 0.826. The van der Waals surface area contributed by atoms with Crippen LogP contribution >= 0.6 is 0 Å². The van der Waals surface area contributed by atoms with Crippen LogP contribution in [0.5, 0.6) is 0 Å². The molecule has 3 rings (SSSR count).